The highest BCUT2D eigenvalue weighted by molar-refractivity contribution is 6.76. The van der Waals surface area contributed by atoms with Crippen molar-refractivity contribution in [3.05, 3.63) is 35.9 Å². The van der Waals surface area contributed by atoms with Gasteiger partial charge in [0.05, 0.1) is 0 Å². The highest BCUT2D eigenvalue weighted by Crippen LogP contribution is 2.32. The molecule has 0 N–H and O–H groups in total. The fraction of sp³-hybridized carbons (Fsp3) is 0.632. The van der Waals surface area contributed by atoms with Crippen LogP contribution >= 0.6 is 0 Å². The molecule has 1 aliphatic rings. The van der Waals surface area contributed by atoms with Gasteiger partial charge in [0.25, 0.3) is 0 Å². The minimum Gasteiger partial charge on any atom is -0.335 e. The molecule has 0 aliphatic carbocycles. The molecule has 3 heteroatoms. The number of rotatable bonds is 7. The van der Waals surface area contributed by atoms with Crippen molar-refractivity contribution in [3.8, 4) is 0 Å². The molecule has 2 rings (SSSR count). The lowest BCUT2D eigenvalue weighted by molar-refractivity contribution is -0.132. The van der Waals surface area contributed by atoms with Crippen molar-refractivity contribution in [2.75, 3.05) is 0 Å². The molecule has 1 amide bonds. The lowest BCUT2D eigenvalue weighted by atomic mass is 10.0. The Hall–Kier alpha value is -1.09. The average Bonchev–Trinajstić information content (AvgIpc) is 2.76. The van der Waals surface area contributed by atoms with E-state index < -0.39 is 8.07 Å². The smallest absolute Gasteiger partial charge is 0.226 e. The summed E-state index contributed by atoms with van der Waals surface area (Å²) < 4.78 is 0. The average molecular weight is 318 g/mol. The predicted molar refractivity (Wildman–Crippen MR) is 96.6 cm³/mol. The maximum Gasteiger partial charge on any atom is 0.226 e. The van der Waals surface area contributed by atoms with E-state index in [1.807, 2.05) is 6.07 Å². The van der Waals surface area contributed by atoms with Gasteiger partial charge < -0.3 is 4.90 Å². The van der Waals surface area contributed by atoms with Gasteiger partial charge in [0.15, 0.2) is 0 Å². The molecule has 2 atom stereocenters. The molecule has 1 heterocycles. The van der Waals surface area contributed by atoms with E-state index >= 15 is 0 Å². The second-order valence-corrected chi connectivity index (χ2v) is 13.5. The summed E-state index contributed by atoms with van der Waals surface area (Å²) >= 11 is 0. The molecule has 1 saturated heterocycles. The van der Waals surface area contributed by atoms with E-state index in [9.17, 15) is 4.79 Å². The Kier molecular flexibility index (Phi) is 5.85. The molecular formula is C19H31NOSi. The number of nitrogens with zero attached hydrogens (tertiary/aromatic N) is 1. The van der Waals surface area contributed by atoms with Crippen LogP contribution in [0.15, 0.2) is 30.3 Å². The van der Waals surface area contributed by atoms with Crippen molar-refractivity contribution < 1.29 is 4.79 Å². The summed E-state index contributed by atoms with van der Waals surface area (Å²) in [4.78, 5) is 14.8. The first-order chi connectivity index (χ1) is 10.4. The Bertz CT molecular complexity index is 480. The molecular weight excluding hydrogens is 286 g/mol. The maximum atomic E-state index is 12.6. The van der Waals surface area contributed by atoms with Crippen LogP contribution in [-0.2, 0) is 11.3 Å². The number of amides is 1. The van der Waals surface area contributed by atoms with E-state index in [1.165, 1.54) is 24.4 Å². The molecule has 122 valence electrons. The van der Waals surface area contributed by atoms with Crippen LogP contribution in [-0.4, -0.2) is 24.9 Å². The number of hydrogen-bond donors (Lipinski definition) is 0. The molecule has 0 radical (unpaired) electrons. The second kappa shape index (κ2) is 7.45. The summed E-state index contributed by atoms with van der Waals surface area (Å²) in [7, 11) is -0.971. The van der Waals surface area contributed by atoms with Crippen molar-refractivity contribution in [2.45, 2.75) is 70.9 Å². The fourth-order valence-electron chi connectivity index (χ4n) is 3.44. The molecule has 1 aromatic carbocycles. The van der Waals surface area contributed by atoms with Gasteiger partial charge in [0.2, 0.25) is 5.91 Å². The summed E-state index contributed by atoms with van der Waals surface area (Å²) in [5.74, 6) is 0.630. The fourth-order valence-corrected chi connectivity index (χ4v) is 4.71. The van der Waals surface area contributed by atoms with Crippen molar-refractivity contribution in [1.82, 2.24) is 4.90 Å². The third-order valence-electron chi connectivity index (χ3n) is 4.78. The first kappa shape index (κ1) is 17.3. The van der Waals surface area contributed by atoms with Crippen LogP contribution in [0.5, 0.6) is 0 Å². The maximum absolute atomic E-state index is 12.6. The Morgan fingerprint density at radius 3 is 2.45 bits per heavy atom. The van der Waals surface area contributed by atoms with Crippen LogP contribution in [0.1, 0.15) is 38.2 Å². The number of carbonyl (C=O) groups is 1. The number of hydrogen-bond acceptors (Lipinski definition) is 1. The summed E-state index contributed by atoms with van der Waals surface area (Å²) in [5, 5.41) is 0. The van der Waals surface area contributed by atoms with Crippen molar-refractivity contribution in [3.63, 3.8) is 0 Å². The third-order valence-corrected chi connectivity index (χ3v) is 6.64. The zero-order chi connectivity index (χ0) is 16.2. The largest absolute Gasteiger partial charge is 0.335 e. The van der Waals surface area contributed by atoms with Crippen LogP contribution in [0.3, 0.4) is 0 Å². The molecule has 22 heavy (non-hydrogen) atoms. The SMILES string of the molecule is CCC1CC(CCC[Si](C)(C)C)N(Cc2ccccc2)C1=O. The highest BCUT2D eigenvalue weighted by Gasteiger charge is 2.37. The van der Waals surface area contributed by atoms with Gasteiger partial charge in [-0.05, 0) is 24.8 Å². The van der Waals surface area contributed by atoms with Gasteiger partial charge in [-0.25, -0.2) is 0 Å². The summed E-state index contributed by atoms with van der Waals surface area (Å²) in [5.41, 5.74) is 1.25. The van der Waals surface area contributed by atoms with Gasteiger partial charge in [-0.15, -0.1) is 0 Å². The van der Waals surface area contributed by atoms with Crippen molar-refractivity contribution in [2.24, 2.45) is 5.92 Å². The van der Waals surface area contributed by atoms with Crippen LogP contribution in [0, 0.1) is 5.92 Å². The van der Waals surface area contributed by atoms with E-state index in [2.05, 4.69) is 55.7 Å². The second-order valence-electron chi connectivity index (χ2n) is 7.90. The Labute approximate surface area is 136 Å². The molecule has 1 fully saturated rings. The van der Waals surface area contributed by atoms with Crippen LogP contribution < -0.4 is 0 Å². The Balaban J connectivity index is 2.00. The quantitative estimate of drug-likeness (QED) is 0.653. The van der Waals surface area contributed by atoms with Gasteiger partial charge in [-0.1, -0.05) is 69.4 Å². The molecule has 2 nitrogen and oxygen atoms in total. The first-order valence-electron chi connectivity index (χ1n) is 8.75. The normalized spacial score (nSPS) is 22.4. The molecule has 0 saturated carbocycles. The summed E-state index contributed by atoms with van der Waals surface area (Å²) in [6.45, 7) is 10.2. The van der Waals surface area contributed by atoms with E-state index in [4.69, 9.17) is 0 Å². The van der Waals surface area contributed by atoms with Crippen LogP contribution in [0.4, 0.5) is 0 Å². The monoisotopic (exact) mass is 317 g/mol. The third kappa shape index (κ3) is 4.70. The van der Waals surface area contributed by atoms with Crippen molar-refractivity contribution in [1.29, 1.82) is 0 Å². The van der Waals surface area contributed by atoms with Crippen LogP contribution in [0.25, 0.3) is 0 Å². The molecule has 2 unspecified atom stereocenters. The molecule has 0 aromatic heterocycles. The summed E-state index contributed by atoms with van der Waals surface area (Å²) in [6.07, 6.45) is 4.50. The summed E-state index contributed by atoms with van der Waals surface area (Å²) in [6, 6.07) is 12.2. The molecule has 0 bridgehead atoms. The highest BCUT2D eigenvalue weighted by atomic mass is 28.3. The number of carbonyl (C=O) groups excluding carboxylic acids is 1. The zero-order valence-corrected chi connectivity index (χ0v) is 15.6. The number of likely N-dealkylation sites (tertiary alicyclic amines) is 1. The standard InChI is InChI=1S/C19H31NOSi/c1-5-17-14-18(12-9-13-22(2,3)4)20(19(17)21)15-16-10-7-6-8-11-16/h6-8,10-11,17-18H,5,9,12-15H2,1-4H3. The lowest BCUT2D eigenvalue weighted by Gasteiger charge is -2.26. The topological polar surface area (TPSA) is 20.3 Å². The molecule has 0 spiro atoms. The van der Waals surface area contributed by atoms with Gasteiger partial charge in [0.1, 0.15) is 0 Å². The van der Waals surface area contributed by atoms with Gasteiger partial charge in [-0.3, -0.25) is 4.79 Å². The van der Waals surface area contributed by atoms with Gasteiger partial charge >= 0.3 is 0 Å². The number of benzene rings is 1. The molecule has 1 aliphatic heterocycles. The van der Waals surface area contributed by atoms with E-state index in [1.54, 1.807) is 0 Å². The minimum absolute atomic E-state index is 0.251. The molecule has 1 aromatic rings. The van der Waals surface area contributed by atoms with Gasteiger partial charge in [0, 0.05) is 26.6 Å². The van der Waals surface area contributed by atoms with E-state index in [-0.39, 0.29) is 5.92 Å². The van der Waals surface area contributed by atoms with Crippen LogP contribution in [0.2, 0.25) is 25.7 Å². The first-order valence-corrected chi connectivity index (χ1v) is 12.5. The Morgan fingerprint density at radius 2 is 1.86 bits per heavy atom. The predicted octanol–water partition coefficient (Wildman–Crippen LogP) is 4.93. The van der Waals surface area contributed by atoms with E-state index in [0.29, 0.717) is 11.9 Å². The zero-order valence-electron chi connectivity index (χ0n) is 14.6. The Morgan fingerprint density at radius 1 is 1.18 bits per heavy atom. The van der Waals surface area contributed by atoms with Gasteiger partial charge in [-0.2, -0.15) is 0 Å². The minimum atomic E-state index is -0.971. The van der Waals surface area contributed by atoms with Crippen molar-refractivity contribution >= 4 is 14.0 Å². The van der Waals surface area contributed by atoms with E-state index in [0.717, 1.165) is 19.4 Å². The lowest BCUT2D eigenvalue weighted by Crippen LogP contribution is -2.33.